The number of nitrogens with one attached hydrogen (secondary N) is 2. The van der Waals surface area contributed by atoms with E-state index in [0.717, 1.165) is 44.1 Å². The first-order valence-corrected chi connectivity index (χ1v) is 10.5. The lowest BCUT2D eigenvalue weighted by molar-refractivity contribution is -0.114. The molecule has 1 aromatic heterocycles. The minimum atomic E-state index is -3.76. The van der Waals surface area contributed by atoms with E-state index in [9.17, 15) is 13.2 Å². The first-order valence-electron chi connectivity index (χ1n) is 8.22. The van der Waals surface area contributed by atoms with Gasteiger partial charge in [0.15, 0.2) is 0 Å². The number of nitrogens with zero attached hydrogens (tertiary/aromatic N) is 4. The quantitative estimate of drug-likeness (QED) is 0.640. The summed E-state index contributed by atoms with van der Waals surface area (Å²) in [6.45, 7) is 12.6. The molecule has 2 rings (SSSR count). The molecule has 0 aliphatic carbocycles. The first-order chi connectivity index (χ1) is 11.6. The molecule has 0 saturated carbocycles. The molecule has 1 aromatic rings. The van der Waals surface area contributed by atoms with Gasteiger partial charge in [0.25, 0.3) is 10.0 Å². The Bertz CT molecular complexity index is 695. The molecule has 0 unspecified atom stereocenters. The third-order valence-corrected chi connectivity index (χ3v) is 6.90. The summed E-state index contributed by atoms with van der Waals surface area (Å²) in [7, 11) is -3.76. The molecule has 0 atom stereocenters. The first kappa shape index (κ1) is 20.2. The number of rotatable bonds is 7. The van der Waals surface area contributed by atoms with Gasteiger partial charge in [0, 0.05) is 45.2 Å². The smallest absolute Gasteiger partial charge is 0.269 e. The molecule has 0 radical (unpaired) electrons. The van der Waals surface area contributed by atoms with Crippen molar-refractivity contribution in [3.05, 3.63) is 0 Å². The van der Waals surface area contributed by atoms with Crippen molar-refractivity contribution >= 4 is 32.4 Å². The minimum absolute atomic E-state index is 0.150. The van der Waals surface area contributed by atoms with E-state index >= 15 is 0 Å². The largest absolute Gasteiger partial charge is 0.301 e. The Kier molecular flexibility index (Phi) is 6.49. The van der Waals surface area contributed by atoms with Crippen LogP contribution in [-0.2, 0) is 14.8 Å². The molecular weight excluding hydrogens is 364 g/mol. The number of carbonyl (C=O) groups excluding carboxylic acids is 1. The number of amides is 1. The van der Waals surface area contributed by atoms with Gasteiger partial charge >= 0.3 is 0 Å². The van der Waals surface area contributed by atoms with Crippen LogP contribution < -0.4 is 10.0 Å². The van der Waals surface area contributed by atoms with Crippen LogP contribution in [0.2, 0.25) is 0 Å². The molecule has 2 heterocycles. The topological polar surface area (TPSA) is 108 Å². The fourth-order valence-corrected chi connectivity index (χ4v) is 4.82. The summed E-state index contributed by atoms with van der Waals surface area (Å²) in [6.07, 6.45) is 0. The van der Waals surface area contributed by atoms with Gasteiger partial charge in [0.2, 0.25) is 15.4 Å². The zero-order chi connectivity index (χ0) is 18.7. The van der Waals surface area contributed by atoms with E-state index in [-0.39, 0.29) is 27.5 Å². The molecule has 9 nitrogen and oxygen atoms in total. The predicted molar refractivity (Wildman–Crippen MR) is 97.2 cm³/mol. The molecule has 1 fully saturated rings. The van der Waals surface area contributed by atoms with Crippen molar-refractivity contribution in [2.45, 2.75) is 37.6 Å². The number of sulfonamides is 1. The SMILES string of the molecule is CCN1CCN(C(C)(C)CNS(=O)(=O)c2nnc(NC(C)=O)s2)CC1. The predicted octanol–water partition coefficient (Wildman–Crippen LogP) is 0.191. The van der Waals surface area contributed by atoms with Crippen LogP contribution in [0.3, 0.4) is 0 Å². The number of hydrogen-bond donors (Lipinski definition) is 2. The summed E-state index contributed by atoms with van der Waals surface area (Å²) >= 11 is 0.833. The molecule has 0 spiro atoms. The van der Waals surface area contributed by atoms with E-state index in [2.05, 4.69) is 37.0 Å². The van der Waals surface area contributed by atoms with Gasteiger partial charge in [-0.25, -0.2) is 13.1 Å². The van der Waals surface area contributed by atoms with Gasteiger partial charge in [-0.1, -0.05) is 18.3 Å². The highest BCUT2D eigenvalue weighted by atomic mass is 32.2. The monoisotopic (exact) mass is 390 g/mol. The molecule has 142 valence electrons. The molecule has 1 amide bonds. The highest BCUT2D eigenvalue weighted by Gasteiger charge is 2.32. The number of carbonyl (C=O) groups is 1. The maximum Gasteiger partial charge on any atom is 0.269 e. The molecule has 11 heteroatoms. The van der Waals surface area contributed by atoms with Crippen LogP contribution in [0.25, 0.3) is 0 Å². The average molecular weight is 391 g/mol. The Morgan fingerprint density at radius 3 is 2.44 bits per heavy atom. The number of likely N-dealkylation sites (N-methyl/N-ethyl adjacent to an activating group) is 1. The lowest BCUT2D eigenvalue weighted by Crippen LogP contribution is -2.58. The lowest BCUT2D eigenvalue weighted by atomic mass is 10.0. The molecule has 1 saturated heterocycles. The number of anilines is 1. The second kappa shape index (κ2) is 8.04. The lowest BCUT2D eigenvalue weighted by Gasteiger charge is -2.43. The zero-order valence-corrected chi connectivity index (χ0v) is 16.7. The van der Waals surface area contributed by atoms with Gasteiger partial charge < -0.3 is 10.2 Å². The van der Waals surface area contributed by atoms with Crippen LogP contribution in [0.4, 0.5) is 5.13 Å². The molecular formula is C14H26N6O3S2. The molecule has 2 N–H and O–H groups in total. The average Bonchev–Trinajstić information content (AvgIpc) is 3.02. The number of aromatic nitrogens is 2. The van der Waals surface area contributed by atoms with Gasteiger partial charge in [0.05, 0.1) is 0 Å². The van der Waals surface area contributed by atoms with E-state index in [1.165, 1.54) is 6.92 Å². The van der Waals surface area contributed by atoms with Gasteiger partial charge in [0.1, 0.15) is 0 Å². The zero-order valence-electron chi connectivity index (χ0n) is 15.1. The third-order valence-electron chi connectivity index (χ3n) is 4.29. The van der Waals surface area contributed by atoms with Crippen molar-refractivity contribution in [2.75, 3.05) is 44.6 Å². The summed E-state index contributed by atoms with van der Waals surface area (Å²) in [5.74, 6) is -0.319. The summed E-state index contributed by atoms with van der Waals surface area (Å²) in [5.41, 5.74) is -0.307. The summed E-state index contributed by atoms with van der Waals surface area (Å²) in [5, 5.41) is 9.94. The van der Waals surface area contributed by atoms with Crippen molar-refractivity contribution in [1.82, 2.24) is 24.7 Å². The highest BCUT2D eigenvalue weighted by Crippen LogP contribution is 2.21. The fourth-order valence-electron chi connectivity index (χ4n) is 2.63. The minimum Gasteiger partial charge on any atom is -0.301 e. The van der Waals surface area contributed by atoms with E-state index in [4.69, 9.17) is 0 Å². The van der Waals surface area contributed by atoms with Crippen LogP contribution in [0.5, 0.6) is 0 Å². The maximum atomic E-state index is 12.4. The second-order valence-corrected chi connectivity index (χ2v) is 9.53. The van der Waals surface area contributed by atoms with Crippen molar-refractivity contribution in [1.29, 1.82) is 0 Å². The van der Waals surface area contributed by atoms with Gasteiger partial charge in [-0.2, -0.15) is 0 Å². The summed E-state index contributed by atoms with van der Waals surface area (Å²) in [6, 6.07) is 0. The van der Waals surface area contributed by atoms with Crippen molar-refractivity contribution in [3.63, 3.8) is 0 Å². The fraction of sp³-hybridized carbons (Fsp3) is 0.786. The van der Waals surface area contributed by atoms with Gasteiger partial charge in [-0.05, 0) is 20.4 Å². The Hall–Kier alpha value is -1.14. The number of piperazine rings is 1. The molecule has 1 aliphatic heterocycles. The maximum absolute atomic E-state index is 12.4. The van der Waals surface area contributed by atoms with E-state index in [1.54, 1.807) is 0 Å². The molecule has 0 aromatic carbocycles. The van der Waals surface area contributed by atoms with Crippen molar-refractivity contribution in [2.24, 2.45) is 0 Å². The third kappa shape index (κ3) is 5.42. The second-order valence-electron chi connectivity index (χ2n) is 6.61. The van der Waals surface area contributed by atoms with E-state index in [1.807, 2.05) is 13.8 Å². The Morgan fingerprint density at radius 2 is 1.88 bits per heavy atom. The molecule has 25 heavy (non-hydrogen) atoms. The van der Waals surface area contributed by atoms with E-state index in [0.29, 0.717) is 0 Å². The van der Waals surface area contributed by atoms with Crippen LogP contribution in [0.1, 0.15) is 27.7 Å². The van der Waals surface area contributed by atoms with Crippen LogP contribution in [-0.4, -0.2) is 79.1 Å². The van der Waals surface area contributed by atoms with Crippen LogP contribution >= 0.6 is 11.3 Å². The van der Waals surface area contributed by atoms with Crippen molar-refractivity contribution < 1.29 is 13.2 Å². The van der Waals surface area contributed by atoms with E-state index < -0.39 is 10.0 Å². The standard InChI is InChI=1S/C14H26N6O3S2/c1-5-19-6-8-20(9-7-19)14(3,4)10-15-25(22,23)13-18-17-12(24-13)16-11(2)21/h15H,5-10H2,1-4H3,(H,16,17,21). The Labute approximate surface area is 152 Å². The summed E-state index contributed by atoms with van der Waals surface area (Å²) < 4.78 is 27.3. The highest BCUT2D eigenvalue weighted by molar-refractivity contribution is 7.91. The van der Waals surface area contributed by atoms with Crippen LogP contribution in [0, 0.1) is 0 Å². The van der Waals surface area contributed by atoms with Gasteiger partial charge in [-0.3, -0.25) is 9.69 Å². The molecule has 1 aliphatic rings. The molecule has 0 bridgehead atoms. The number of hydrogen-bond acceptors (Lipinski definition) is 8. The van der Waals surface area contributed by atoms with Gasteiger partial charge in [-0.15, -0.1) is 10.2 Å². The normalized spacial score (nSPS) is 17.6. The Morgan fingerprint density at radius 1 is 1.24 bits per heavy atom. The summed E-state index contributed by atoms with van der Waals surface area (Å²) in [4.78, 5) is 15.7. The van der Waals surface area contributed by atoms with Crippen LogP contribution in [0.15, 0.2) is 4.34 Å². The Balaban J connectivity index is 1.96. The van der Waals surface area contributed by atoms with Crippen molar-refractivity contribution in [3.8, 4) is 0 Å².